The van der Waals surface area contributed by atoms with Gasteiger partial charge in [0.1, 0.15) is 5.56 Å². The van der Waals surface area contributed by atoms with E-state index in [1.807, 2.05) is 13.8 Å². The topological polar surface area (TPSA) is 86.2 Å². The Morgan fingerprint density at radius 3 is 2.53 bits per heavy atom. The summed E-state index contributed by atoms with van der Waals surface area (Å²) in [5, 5.41) is 13.7. The average molecular weight is 262 g/mol. The maximum absolute atomic E-state index is 12.0. The van der Waals surface area contributed by atoms with Crippen LogP contribution in [0.3, 0.4) is 0 Å². The fourth-order valence-corrected chi connectivity index (χ4v) is 1.98. The summed E-state index contributed by atoms with van der Waals surface area (Å²) in [4.78, 5) is 25.7. The number of carbonyl (C=O) groups excluding carboxylic acids is 1. The number of rotatable bonds is 3. The second-order valence-electron chi connectivity index (χ2n) is 5.09. The molecule has 1 aliphatic rings. The van der Waals surface area contributed by atoms with Gasteiger partial charge in [-0.05, 0) is 13.0 Å². The van der Waals surface area contributed by atoms with Crippen LogP contribution in [0.15, 0.2) is 24.3 Å². The van der Waals surface area contributed by atoms with Gasteiger partial charge in [0.25, 0.3) is 11.5 Å². The number of carbonyl (C=O) groups is 1. The molecule has 0 saturated carbocycles. The van der Waals surface area contributed by atoms with Gasteiger partial charge in [0.05, 0.1) is 4.92 Å². The molecule has 1 aromatic rings. The first-order valence-corrected chi connectivity index (χ1v) is 6.06. The molecule has 0 aromatic heterocycles. The van der Waals surface area contributed by atoms with Gasteiger partial charge in [-0.15, -0.1) is 0 Å². The average Bonchev–Trinajstić information content (AvgIpc) is 2.67. The zero-order valence-electron chi connectivity index (χ0n) is 11.1. The van der Waals surface area contributed by atoms with E-state index in [1.54, 1.807) is 25.1 Å². The summed E-state index contributed by atoms with van der Waals surface area (Å²) in [5.41, 5.74) is -0.387. The highest BCUT2D eigenvalue weighted by atomic mass is 16.6. The van der Waals surface area contributed by atoms with Crippen LogP contribution in [0.1, 0.15) is 26.3 Å². The van der Waals surface area contributed by atoms with Gasteiger partial charge >= 0.3 is 5.91 Å². The summed E-state index contributed by atoms with van der Waals surface area (Å²) in [6, 6.07) is 6.34. The minimum absolute atomic E-state index is 0.0293. The van der Waals surface area contributed by atoms with Crippen LogP contribution < -0.4 is 10.3 Å². The van der Waals surface area contributed by atoms with Crippen LogP contribution in [-0.4, -0.2) is 22.2 Å². The third kappa shape index (κ3) is 2.09. The summed E-state index contributed by atoms with van der Waals surface area (Å²) < 4.78 is 0. The lowest BCUT2D eigenvalue weighted by Gasteiger charge is -2.17. The van der Waals surface area contributed by atoms with Crippen molar-refractivity contribution in [2.45, 2.75) is 26.3 Å². The molecule has 0 unspecified atom stereocenters. The normalized spacial score (nSPS) is 22.3. The molecular weight excluding hydrogens is 246 g/mol. The standard InChI is InChI=1S/C13H15N3O3/c1-8(2)13(3)12(17)14-11(15-13)9-6-4-5-7-10(9)16(18)19/h4-8H,1-3H3,(H,14,15,17)/p+1/t13-/m1/s1. The number of amidine groups is 1. The Labute approximate surface area is 110 Å². The highest BCUT2D eigenvalue weighted by molar-refractivity contribution is 6.11. The van der Waals surface area contributed by atoms with E-state index < -0.39 is 10.5 Å². The molecule has 1 amide bonds. The monoisotopic (exact) mass is 262 g/mol. The summed E-state index contributed by atoms with van der Waals surface area (Å²) in [6.45, 7) is 5.64. The number of nitro groups is 1. The van der Waals surface area contributed by atoms with Crippen LogP contribution in [0.2, 0.25) is 0 Å². The van der Waals surface area contributed by atoms with Crippen molar-refractivity contribution in [3.05, 3.63) is 39.9 Å². The maximum Gasteiger partial charge on any atom is 0.355 e. The van der Waals surface area contributed by atoms with Crippen molar-refractivity contribution in [3.8, 4) is 0 Å². The number of nitrogens with zero attached hydrogens (tertiary/aromatic N) is 1. The Morgan fingerprint density at radius 2 is 2.00 bits per heavy atom. The molecule has 100 valence electrons. The van der Waals surface area contributed by atoms with E-state index in [4.69, 9.17) is 0 Å². The molecule has 19 heavy (non-hydrogen) atoms. The van der Waals surface area contributed by atoms with Crippen LogP contribution in [0, 0.1) is 16.0 Å². The van der Waals surface area contributed by atoms with E-state index in [9.17, 15) is 14.9 Å². The summed E-state index contributed by atoms with van der Waals surface area (Å²) in [6.07, 6.45) is 0. The van der Waals surface area contributed by atoms with Crippen molar-refractivity contribution >= 4 is 17.4 Å². The minimum Gasteiger partial charge on any atom is -0.258 e. The van der Waals surface area contributed by atoms with Crippen molar-refractivity contribution in [2.75, 3.05) is 0 Å². The van der Waals surface area contributed by atoms with Crippen molar-refractivity contribution in [3.63, 3.8) is 0 Å². The van der Waals surface area contributed by atoms with Crippen molar-refractivity contribution < 1.29 is 14.7 Å². The molecule has 0 bridgehead atoms. The van der Waals surface area contributed by atoms with Gasteiger partial charge in [0, 0.05) is 12.0 Å². The van der Waals surface area contributed by atoms with Crippen molar-refractivity contribution in [1.82, 2.24) is 5.32 Å². The molecule has 0 spiro atoms. The maximum atomic E-state index is 12.0. The molecule has 1 aliphatic heterocycles. The van der Waals surface area contributed by atoms with Gasteiger partial charge < -0.3 is 0 Å². The fourth-order valence-electron chi connectivity index (χ4n) is 1.98. The van der Waals surface area contributed by atoms with E-state index in [1.165, 1.54) is 6.07 Å². The van der Waals surface area contributed by atoms with Crippen molar-refractivity contribution in [1.29, 1.82) is 0 Å². The first-order chi connectivity index (χ1) is 8.86. The first-order valence-electron chi connectivity index (χ1n) is 6.06. The SMILES string of the molecule is CC(C)[C@@]1(C)[NH+]=C(c2ccccc2[N+](=O)[O-])NC1=O. The molecule has 2 N–H and O–H groups in total. The third-order valence-corrected chi connectivity index (χ3v) is 3.62. The third-order valence-electron chi connectivity index (χ3n) is 3.62. The molecule has 0 saturated heterocycles. The minimum atomic E-state index is -0.751. The zero-order valence-corrected chi connectivity index (χ0v) is 11.1. The van der Waals surface area contributed by atoms with Crippen LogP contribution in [0.4, 0.5) is 5.69 Å². The highest BCUT2D eigenvalue weighted by Gasteiger charge is 2.49. The Bertz CT molecular complexity index is 580. The quantitative estimate of drug-likeness (QED) is 0.592. The zero-order chi connectivity index (χ0) is 14.2. The number of hydrogen-bond donors (Lipinski definition) is 2. The number of amides is 1. The lowest BCUT2D eigenvalue weighted by atomic mass is 9.89. The van der Waals surface area contributed by atoms with Gasteiger partial charge in [0.2, 0.25) is 5.54 Å². The van der Waals surface area contributed by atoms with E-state index in [0.717, 1.165) is 0 Å². The molecule has 2 rings (SSSR count). The van der Waals surface area contributed by atoms with Gasteiger partial charge in [-0.3, -0.25) is 15.1 Å². The lowest BCUT2D eigenvalue weighted by Crippen LogP contribution is -2.86. The van der Waals surface area contributed by atoms with Gasteiger partial charge in [0.15, 0.2) is 0 Å². The lowest BCUT2D eigenvalue weighted by molar-refractivity contribution is -0.533. The molecule has 0 radical (unpaired) electrons. The van der Waals surface area contributed by atoms with Gasteiger partial charge in [-0.25, -0.2) is 10.1 Å². The summed E-state index contributed by atoms with van der Waals surface area (Å²) in [5.74, 6) is 0.289. The molecule has 1 atom stereocenters. The Balaban J connectivity index is 2.51. The smallest absolute Gasteiger partial charge is 0.258 e. The van der Waals surface area contributed by atoms with E-state index in [2.05, 4.69) is 10.3 Å². The van der Waals surface area contributed by atoms with Crippen LogP contribution >= 0.6 is 0 Å². The van der Waals surface area contributed by atoms with E-state index in [-0.39, 0.29) is 17.5 Å². The highest BCUT2D eigenvalue weighted by Crippen LogP contribution is 2.19. The number of benzene rings is 1. The van der Waals surface area contributed by atoms with Crippen molar-refractivity contribution in [2.24, 2.45) is 5.92 Å². The molecule has 0 aliphatic carbocycles. The summed E-state index contributed by atoms with van der Waals surface area (Å²) >= 11 is 0. The second-order valence-corrected chi connectivity index (χ2v) is 5.09. The number of nitro benzene ring substituents is 1. The van der Waals surface area contributed by atoms with Gasteiger partial charge in [-0.2, -0.15) is 0 Å². The molecule has 1 heterocycles. The van der Waals surface area contributed by atoms with Crippen LogP contribution in [0.25, 0.3) is 0 Å². The molecule has 0 fully saturated rings. The first kappa shape index (κ1) is 13.2. The summed E-state index contributed by atoms with van der Waals surface area (Å²) in [7, 11) is 0. The van der Waals surface area contributed by atoms with E-state index in [0.29, 0.717) is 11.4 Å². The second kappa shape index (κ2) is 4.46. The largest absolute Gasteiger partial charge is 0.355 e. The molecular formula is C13H16N3O3+. The predicted octanol–water partition coefficient (Wildman–Crippen LogP) is -0.0335. The molecule has 6 heteroatoms. The fraction of sp³-hybridized carbons (Fsp3) is 0.385. The Hall–Kier alpha value is -2.24. The number of nitrogens with one attached hydrogen (secondary N) is 2. The molecule has 6 nitrogen and oxygen atoms in total. The molecule has 1 aromatic carbocycles. The number of para-hydroxylation sites is 1. The van der Waals surface area contributed by atoms with E-state index >= 15 is 0 Å². The Kier molecular flexibility index (Phi) is 3.09. The predicted molar refractivity (Wildman–Crippen MR) is 69.6 cm³/mol. The number of hydrogen-bond acceptors (Lipinski definition) is 3. The van der Waals surface area contributed by atoms with Crippen LogP contribution in [0.5, 0.6) is 0 Å². The Morgan fingerprint density at radius 1 is 1.37 bits per heavy atom. The van der Waals surface area contributed by atoms with Crippen LogP contribution in [-0.2, 0) is 4.79 Å². The van der Waals surface area contributed by atoms with Gasteiger partial charge in [-0.1, -0.05) is 26.0 Å².